The van der Waals surface area contributed by atoms with E-state index in [1.54, 1.807) is 6.07 Å². The summed E-state index contributed by atoms with van der Waals surface area (Å²) < 4.78 is 13.6. The molecule has 0 spiro atoms. The average Bonchev–Trinajstić information content (AvgIpc) is 2.14. The summed E-state index contributed by atoms with van der Waals surface area (Å²) in [5.74, 6) is 0.0593. The molecule has 3 heteroatoms. The number of rotatable bonds is 4. The Morgan fingerprint density at radius 2 is 1.87 bits per heavy atom. The molecule has 2 N–H and O–H groups in total. The van der Waals surface area contributed by atoms with E-state index in [0.29, 0.717) is 6.54 Å². The monoisotopic (exact) mass is 225 g/mol. The predicted octanol–water partition coefficient (Wildman–Crippen LogP) is 3.21. The summed E-state index contributed by atoms with van der Waals surface area (Å²) >= 11 is 0. The molecule has 84 valence electrons. The number of benzene rings is 1. The molecular formula is C12H20FNSi. The maximum Gasteiger partial charge on any atom is 0.126 e. The van der Waals surface area contributed by atoms with E-state index in [2.05, 4.69) is 19.6 Å². The zero-order valence-electron chi connectivity index (χ0n) is 9.76. The average molecular weight is 225 g/mol. The summed E-state index contributed by atoms with van der Waals surface area (Å²) in [4.78, 5) is 0. The third kappa shape index (κ3) is 3.76. The van der Waals surface area contributed by atoms with Gasteiger partial charge in [-0.05, 0) is 30.1 Å². The van der Waals surface area contributed by atoms with Gasteiger partial charge in [0.25, 0.3) is 0 Å². The highest BCUT2D eigenvalue weighted by atomic mass is 28.3. The van der Waals surface area contributed by atoms with Crippen molar-refractivity contribution < 1.29 is 4.39 Å². The van der Waals surface area contributed by atoms with E-state index in [9.17, 15) is 4.39 Å². The molecule has 0 fully saturated rings. The Morgan fingerprint density at radius 3 is 2.33 bits per heavy atom. The molecule has 1 atom stereocenters. The Labute approximate surface area is 92.5 Å². The predicted molar refractivity (Wildman–Crippen MR) is 66.3 cm³/mol. The van der Waals surface area contributed by atoms with Gasteiger partial charge in [0.15, 0.2) is 0 Å². The summed E-state index contributed by atoms with van der Waals surface area (Å²) in [6.45, 7) is 7.40. The molecular weight excluding hydrogens is 205 g/mol. The Morgan fingerprint density at radius 1 is 1.27 bits per heavy atom. The van der Waals surface area contributed by atoms with Crippen LogP contribution in [0.1, 0.15) is 11.5 Å². The molecule has 0 saturated heterocycles. The molecule has 0 aliphatic carbocycles. The summed E-state index contributed by atoms with van der Waals surface area (Å²) in [5.41, 5.74) is 6.52. The molecule has 0 bridgehead atoms. The van der Waals surface area contributed by atoms with Crippen molar-refractivity contribution in [3.05, 3.63) is 35.6 Å². The minimum atomic E-state index is -1.19. The van der Waals surface area contributed by atoms with E-state index in [1.165, 1.54) is 6.07 Å². The summed E-state index contributed by atoms with van der Waals surface area (Å²) in [5, 5.41) is 0. The van der Waals surface area contributed by atoms with Gasteiger partial charge in [-0.25, -0.2) is 4.39 Å². The SMILES string of the molecule is C[Si](C)(C)CC(CN)c1ccccc1F. The fraction of sp³-hybridized carbons (Fsp3) is 0.500. The van der Waals surface area contributed by atoms with E-state index in [4.69, 9.17) is 5.73 Å². The van der Waals surface area contributed by atoms with Gasteiger partial charge in [0.2, 0.25) is 0 Å². The maximum absolute atomic E-state index is 13.6. The lowest BCUT2D eigenvalue weighted by atomic mass is 10.0. The van der Waals surface area contributed by atoms with Gasteiger partial charge in [-0.1, -0.05) is 37.8 Å². The minimum absolute atomic E-state index is 0.119. The van der Waals surface area contributed by atoms with Crippen molar-refractivity contribution in [1.29, 1.82) is 0 Å². The van der Waals surface area contributed by atoms with Crippen LogP contribution < -0.4 is 5.73 Å². The molecule has 0 saturated carbocycles. The van der Waals surface area contributed by atoms with Crippen LogP contribution in [0.2, 0.25) is 25.7 Å². The molecule has 0 amide bonds. The lowest BCUT2D eigenvalue weighted by molar-refractivity contribution is 0.589. The molecule has 0 heterocycles. The van der Waals surface area contributed by atoms with Crippen LogP contribution in [-0.4, -0.2) is 14.6 Å². The van der Waals surface area contributed by atoms with E-state index < -0.39 is 8.07 Å². The molecule has 1 unspecified atom stereocenters. The third-order valence-corrected chi connectivity index (χ3v) is 4.21. The van der Waals surface area contributed by atoms with Crippen LogP contribution in [0, 0.1) is 5.82 Å². The van der Waals surface area contributed by atoms with Crippen LogP contribution in [0.15, 0.2) is 24.3 Å². The van der Waals surface area contributed by atoms with Gasteiger partial charge in [-0.2, -0.15) is 0 Å². The highest BCUT2D eigenvalue weighted by Crippen LogP contribution is 2.27. The molecule has 0 aromatic heterocycles. The summed E-state index contributed by atoms with van der Waals surface area (Å²) in [7, 11) is -1.19. The lowest BCUT2D eigenvalue weighted by Crippen LogP contribution is -2.27. The minimum Gasteiger partial charge on any atom is -0.330 e. The van der Waals surface area contributed by atoms with E-state index >= 15 is 0 Å². The molecule has 1 rings (SSSR count). The Bertz CT molecular complexity index is 320. The van der Waals surface area contributed by atoms with Gasteiger partial charge in [-0.3, -0.25) is 0 Å². The lowest BCUT2D eigenvalue weighted by Gasteiger charge is -2.24. The number of hydrogen-bond acceptors (Lipinski definition) is 1. The topological polar surface area (TPSA) is 26.0 Å². The van der Waals surface area contributed by atoms with Crippen LogP contribution in [0.3, 0.4) is 0 Å². The van der Waals surface area contributed by atoms with Crippen molar-refractivity contribution in [2.75, 3.05) is 6.54 Å². The van der Waals surface area contributed by atoms with Crippen molar-refractivity contribution in [3.8, 4) is 0 Å². The van der Waals surface area contributed by atoms with Gasteiger partial charge >= 0.3 is 0 Å². The highest BCUT2D eigenvalue weighted by molar-refractivity contribution is 6.76. The standard InChI is InChI=1S/C12H20FNSi/c1-15(2,3)9-10(8-14)11-6-4-5-7-12(11)13/h4-7,10H,8-9,14H2,1-3H3. The molecule has 1 aromatic rings. The fourth-order valence-electron chi connectivity index (χ4n) is 1.87. The first-order valence-electron chi connectivity index (χ1n) is 5.38. The van der Waals surface area contributed by atoms with Crippen molar-refractivity contribution in [2.45, 2.75) is 31.6 Å². The summed E-state index contributed by atoms with van der Waals surface area (Å²) in [6.07, 6.45) is 0. The zero-order valence-corrected chi connectivity index (χ0v) is 10.8. The Hall–Kier alpha value is -0.673. The number of nitrogens with two attached hydrogens (primary N) is 1. The second-order valence-electron chi connectivity index (χ2n) is 5.22. The fourth-order valence-corrected chi connectivity index (χ4v) is 3.73. The quantitative estimate of drug-likeness (QED) is 0.782. The first kappa shape index (κ1) is 12.4. The molecule has 0 aliphatic heterocycles. The van der Waals surface area contributed by atoms with Crippen LogP contribution in [0.4, 0.5) is 4.39 Å². The maximum atomic E-state index is 13.6. The first-order valence-corrected chi connectivity index (χ1v) is 9.09. The van der Waals surface area contributed by atoms with Crippen molar-refractivity contribution >= 4 is 8.07 Å². The summed E-state index contributed by atoms with van der Waals surface area (Å²) in [6, 6.07) is 8.02. The van der Waals surface area contributed by atoms with Crippen molar-refractivity contribution in [3.63, 3.8) is 0 Å². The van der Waals surface area contributed by atoms with Crippen molar-refractivity contribution in [2.24, 2.45) is 5.73 Å². The third-order valence-electron chi connectivity index (χ3n) is 2.49. The van der Waals surface area contributed by atoms with Crippen molar-refractivity contribution in [1.82, 2.24) is 0 Å². The molecule has 15 heavy (non-hydrogen) atoms. The van der Waals surface area contributed by atoms with Gasteiger partial charge in [0.1, 0.15) is 5.82 Å². The number of hydrogen-bond donors (Lipinski definition) is 1. The Balaban J connectivity index is 2.88. The number of halogens is 1. The zero-order chi connectivity index (χ0) is 11.5. The molecule has 1 nitrogen and oxygen atoms in total. The highest BCUT2D eigenvalue weighted by Gasteiger charge is 2.22. The van der Waals surface area contributed by atoms with Crippen LogP contribution in [0.25, 0.3) is 0 Å². The normalized spacial score (nSPS) is 13.9. The van der Waals surface area contributed by atoms with Crippen LogP contribution in [-0.2, 0) is 0 Å². The van der Waals surface area contributed by atoms with Gasteiger partial charge < -0.3 is 5.73 Å². The van der Waals surface area contributed by atoms with E-state index in [1.807, 2.05) is 12.1 Å². The van der Waals surface area contributed by atoms with Gasteiger partial charge in [0, 0.05) is 8.07 Å². The first-order chi connectivity index (χ1) is 6.94. The second-order valence-corrected chi connectivity index (χ2v) is 10.7. The Kier molecular flexibility index (Phi) is 4.05. The smallest absolute Gasteiger partial charge is 0.126 e. The molecule has 1 aromatic carbocycles. The van der Waals surface area contributed by atoms with Gasteiger partial charge in [0.05, 0.1) is 0 Å². The largest absolute Gasteiger partial charge is 0.330 e. The van der Waals surface area contributed by atoms with E-state index in [-0.39, 0.29) is 11.7 Å². The van der Waals surface area contributed by atoms with Crippen LogP contribution >= 0.6 is 0 Å². The van der Waals surface area contributed by atoms with E-state index in [0.717, 1.165) is 11.6 Å². The van der Waals surface area contributed by atoms with Gasteiger partial charge in [-0.15, -0.1) is 0 Å². The molecule has 0 radical (unpaired) electrons. The second kappa shape index (κ2) is 4.90. The molecule has 0 aliphatic rings. The van der Waals surface area contributed by atoms with Crippen LogP contribution in [0.5, 0.6) is 0 Å².